The van der Waals surface area contributed by atoms with Crippen molar-refractivity contribution in [1.29, 1.82) is 0 Å². The molecule has 0 saturated carbocycles. The molecule has 1 amide bonds. The van der Waals surface area contributed by atoms with Gasteiger partial charge in [0.1, 0.15) is 18.1 Å². The van der Waals surface area contributed by atoms with E-state index in [1.807, 2.05) is 60.7 Å². The molecule has 0 radical (unpaired) electrons. The molecule has 0 bridgehead atoms. The highest BCUT2D eigenvalue weighted by atomic mass is 16.5. The number of nitrogens with two attached hydrogens (primary N) is 1. The normalized spacial score (nSPS) is 11.3. The monoisotopic (exact) mass is 345 g/mol. The summed E-state index contributed by atoms with van der Waals surface area (Å²) in [7, 11) is 0. The van der Waals surface area contributed by atoms with Gasteiger partial charge in [-0.15, -0.1) is 0 Å². The molecule has 4 nitrogen and oxygen atoms in total. The van der Waals surface area contributed by atoms with Crippen LogP contribution in [0.2, 0.25) is 0 Å². The number of carbonyl (C=O) groups is 1. The van der Waals surface area contributed by atoms with Crippen molar-refractivity contribution in [2.24, 2.45) is 5.73 Å². The molecule has 130 valence electrons. The van der Waals surface area contributed by atoms with Crippen LogP contribution in [0.15, 0.2) is 71.3 Å². The van der Waals surface area contributed by atoms with E-state index in [1.54, 1.807) is 13.2 Å². The fraction of sp³-hybridized carbons (Fsp3) is 0.136. The Morgan fingerprint density at radius 3 is 2.19 bits per heavy atom. The van der Waals surface area contributed by atoms with Gasteiger partial charge in [0.05, 0.1) is 12.2 Å². The molecule has 1 heterocycles. The van der Waals surface area contributed by atoms with Crippen LogP contribution in [0.1, 0.15) is 35.3 Å². The first-order valence-corrected chi connectivity index (χ1v) is 8.28. The highest BCUT2D eigenvalue weighted by molar-refractivity contribution is 5.81. The first-order valence-electron chi connectivity index (χ1n) is 8.28. The second-order valence-electron chi connectivity index (χ2n) is 5.89. The molecule has 3 rings (SSSR count). The third-order valence-corrected chi connectivity index (χ3v) is 4.00. The summed E-state index contributed by atoms with van der Waals surface area (Å²) in [5, 5.41) is 0. The zero-order chi connectivity index (χ0) is 18.4. The molecule has 2 aromatic carbocycles. The van der Waals surface area contributed by atoms with Crippen molar-refractivity contribution < 1.29 is 13.9 Å². The number of carbonyl (C=O) groups excluding carboxylic acids is 1. The Bertz CT molecular complexity index is 914. The van der Waals surface area contributed by atoms with Crippen molar-refractivity contribution in [2.45, 2.75) is 19.4 Å². The van der Waals surface area contributed by atoms with Gasteiger partial charge < -0.3 is 14.9 Å². The summed E-state index contributed by atoms with van der Waals surface area (Å²) in [5.74, 6) is 7.13. The predicted octanol–water partition coefficient (Wildman–Crippen LogP) is 3.85. The van der Waals surface area contributed by atoms with E-state index in [4.69, 9.17) is 14.9 Å². The van der Waals surface area contributed by atoms with Crippen molar-refractivity contribution in [3.63, 3.8) is 0 Å². The maximum absolute atomic E-state index is 11.2. The average molecular weight is 345 g/mol. The Kier molecular flexibility index (Phi) is 5.40. The van der Waals surface area contributed by atoms with Gasteiger partial charge in [0.15, 0.2) is 0 Å². The van der Waals surface area contributed by atoms with Crippen LogP contribution >= 0.6 is 0 Å². The third kappa shape index (κ3) is 4.55. The Morgan fingerprint density at radius 1 is 1.04 bits per heavy atom. The van der Waals surface area contributed by atoms with Gasteiger partial charge in [-0.3, -0.25) is 4.79 Å². The molecule has 0 aliphatic heterocycles. The highest BCUT2D eigenvalue weighted by Crippen LogP contribution is 2.16. The summed E-state index contributed by atoms with van der Waals surface area (Å²) in [6, 6.07) is 18.8. The lowest BCUT2D eigenvalue weighted by Crippen LogP contribution is -2.18. The predicted molar refractivity (Wildman–Crippen MR) is 99.5 cm³/mol. The van der Waals surface area contributed by atoms with E-state index in [-0.39, 0.29) is 11.8 Å². The van der Waals surface area contributed by atoms with E-state index in [1.165, 1.54) is 0 Å². The lowest BCUT2D eigenvalue weighted by Gasteiger charge is -2.06. The Hall–Kier alpha value is -3.45. The fourth-order valence-electron chi connectivity index (χ4n) is 2.35. The zero-order valence-electron chi connectivity index (χ0n) is 14.4. The van der Waals surface area contributed by atoms with Gasteiger partial charge in [-0.05, 0) is 61.0 Å². The lowest BCUT2D eigenvalue weighted by atomic mass is 9.99. The van der Waals surface area contributed by atoms with Crippen molar-refractivity contribution in [2.75, 3.05) is 0 Å². The molecular weight excluding hydrogens is 326 g/mol. The maximum Gasteiger partial charge on any atom is 0.224 e. The molecule has 0 aliphatic carbocycles. The van der Waals surface area contributed by atoms with Crippen LogP contribution in [-0.2, 0) is 11.4 Å². The number of primary amides is 1. The van der Waals surface area contributed by atoms with Crippen molar-refractivity contribution in [3.05, 3.63) is 89.4 Å². The summed E-state index contributed by atoms with van der Waals surface area (Å²) >= 11 is 0. The van der Waals surface area contributed by atoms with Gasteiger partial charge in [-0.25, -0.2) is 0 Å². The van der Waals surface area contributed by atoms with Crippen LogP contribution in [0, 0.1) is 11.8 Å². The molecule has 0 saturated heterocycles. The van der Waals surface area contributed by atoms with Crippen molar-refractivity contribution >= 4 is 5.91 Å². The number of hydrogen-bond donors (Lipinski definition) is 1. The zero-order valence-corrected chi connectivity index (χ0v) is 14.4. The SMILES string of the molecule is CC(C(N)=O)c1ccc(C#Cc2ccc(OCc3ccco3)cc2)cc1. The number of hydrogen-bond acceptors (Lipinski definition) is 3. The van der Waals surface area contributed by atoms with Crippen LogP contribution in [0.4, 0.5) is 0 Å². The van der Waals surface area contributed by atoms with Crippen molar-refractivity contribution in [1.82, 2.24) is 0 Å². The third-order valence-electron chi connectivity index (χ3n) is 4.00. The topological polar surface area (TPSA) is 65.5 Å². The molecule has 1 unspecified atom stereocenters. The molecule has 4 heteroatoms. The largest absolute Gasteiger partial charge is 0.486 e. The van der Waals surface area contributed by atoms with Crippen molar-refractivity contribution in [3.8, 4) is 17.6 Å². The molecular formula is C22H19NO3. The quantitative estimate of drug-likeness (QED) is 0.714. The van der Waals surface area contributed by atoms with E-state index < -0.39 is 0 Å². The van der Waals surface area contributed by atoms with Gasteiger partial charge in [0.2, 0.25) is 5.91 Å². The molecule has 2 N–H and O–H groups in total. The highest BCUT2D eigenvalue weighted by Gasteiger charge is 2.10. The van der Waals surface area contributed by atoms with Gasteiger partial charge in [-0.1, -0.05) is 24.0 Å². The van der Waals surface area contributed by atoms with Crippen LogP contribution in [-0.4, -0.2) is 5.91 Å². The smallest absolute Gasteiger partial charge is 0.224 e. The summed E-state index contributed by atoms with van der Waals surface area (Å²) in [4.78, 5) is 11.2. The van der Waals surface area contributed by atoms with E-state index >= 15 is 0 Å². The fourth-order valence-corrected chi connectivity index (χ4v) is 2.35. The first-order chi connectivity index (χ1) is 12.6. The number of rotatable bonds is 5. The lowest BCUT2D eigenvalue weighted by molar-refractivity contribution is -0.119. The number of furan rings is 1. The molecule has 1 atom stereocenters. The van der Waals surface area contributed by atoms with Gasteiger partial charge in [0.25, 0.3) is 0 Å². The molecule has 1 aromatic heterocycles. The minimum absolute atomic E-state index is 0.300. The second-order valence-corrected chi connectivity index (χ2v) is 5.89. The van der Waals surface area contributed by atoms with E-state index in [2.05, 4.69) is 11.8 Å². The first kappa shape index (κ1) is 17.4. The summed E-state index contributed by atoms with van der Waals surface area (Å²) in [6.07, 6.45) is 1.62. The van der Waals surface area contributed by atoms with Gasteiger partial charge in [-0.2, -0.15) is 0 Å². The summed E-state index contributed by atoms with van der Waals surface area (Å²) in [6.45, 7) is 2.19. The maximum atomic E-state index is 11.2. The Morgan fingerprint density at radius 2 is 1.65 bits per heavy atom. The second kappa shape index (κ2) is 8.09. The summed E-state index contributed by atoms with van der Waals surface area (Å²) < 4.78 is 10.9. The Balaban J connectivity index is 1.61. The molecule has 26 heavy (non-hydrogen) atoms. The van der Waals surface area contributed by atoms with Gasteiger partial charge >= 0.3 is 0 Å². The van der Waals surface area contributed by atoms with E-state index in [0.717, 1.165) is 28.2 Å². The number of amides is 1. The minimum atomic E-state index is -0.335. The molecule has 0 spiro atoms. The molecule has 3 aromatic rings. The standard InChI is InChI=1S/C22H19NO3/c1-16(22(23)24)19-10-6-17(7-11-19)4-5-18-8-12-20(13-9-18)26-15-21-3-2-14-25-21/h2-3,6-14,16H,15H2,1H3,(H2,23,24). The van der Waals surface area contributed by atoms with E-state index in [0.29, 0.717) is 6.61 Å². The van der Waals surface area contributed by atoms with Crippen LogP contribution in [0.5, 0.6) is 5.75 Å². The molecule has 0 fully saturated rings. The van der Waals surface area contributed by atoms with Gasteiger partial charge in [0, 0.05) is 11.1 Å². The summed E-state index contributed by atoms with van der Waals surface area (Å²) in [5.41, 5.74) is 7.98. The number of benzene rings is 2. The number of ether oxygens (including phenoxy) is 1. The van der Waals surface area contributed by atoms with Crippen LogP contribution in [0.25, 0.3) is 0 Å². The minimum Gasteiger partial charge on any atom is -0.486 e. The Labute approximate surface area is 152 Å². The van der Waals surface area contributed by atoms with E-state index in [9.17, 15) is 4.79 Å². The van der Waals surface area contributed by atoms with Crippen LogP contribution < -0.4 is 10.5 Å². The molecule has 0 aliphatic rings. The average Bonchev–Trinajstić information content (AvgIpc) is 3.19. The van der Waals surface area contributed by atoms with Crippen LogP contribution in [0.3, 0.4) is 0 Å².